The zero-order valence-corrected chi connectivity index (χ0v) is 5.67. The van der Waals surface area contributed by atoms with Crippen LogP contribution in [0.25, 0.3) is 0 Å². The Balaban J connectivity index is 4.61. The van der Waals surface area contributed by atoms with E-state index in [2.05, 4.69) is 0 Å². The van der Waals surface area contributed by atoms with Gasteiger partial charge in [0.2, 0.25) is 0 Å². The normalized spacial score (nSPS) is 12.9. The summed E-state index contributed by atoms with van der Waals surface area (Å²) in [5.74, 6) is 0. The van der Waals surface area contributed by atoms with E-state index in [4.69, 9.17) is 15.0 Å². The highest BCUT2D eigenvalue weighted by Crippen LogP contribution is 2.43. The zero-order valence-electron chi connectivity index (χ0n) is 4.77. The average molecular weight is 147 g/mol. The number of nitriles is 1. The molecular weight excluding hydrogens is 141 g/mol. The average Bonchev–Trinajstić information content (AvgIpc) is 1.65. The van der Waals surface area contributed by atoms with Crippen LogP contribution in [0, 0.1) is 11.3 Å². The Bertz CT molecular complexity index is 208. The lowest BCUT2D eigenvalue weighted by molar-refractivity contribution is 0.383. The van der Waals surface area contributed by atoms with E-state index in [0.717, 1.165) is 6.08 Å². The first-order valence-corrected chi connectivity index (χ1v) is 3.76. The van der Waals surface area contributed by atoms with E-state index < -0.39 is 12.9 Å². The summed E-state index contributed by atoms with van der Waals surface area (Å²) in [5, 5.41) is 7.57. The molecule has 0 aromatic heterocycles. The van der Waals surface area contributed by atoms with Gasteiger partial charge < -0.3 is 9.79 Å². The molecule has 0 atom stereocenters. The summed E-state index contributed by atoms with van der Waals surface area (Å²) in [6.45, 7) is 1.40. The first-order valence-electron chi connectivity index (χ1n) is 2.15. The lowest BCUT2D eigenvalue weighted by Gasteiger charge is -1.96. The van der Waals surface area contributed by atoms with Crippen LogP contribution in [0.3, 0.4) is 0 Å². The fourth-order valence-corrected chi connectivity index (χ4v) is 0.764. The van der Waals surface area contributed by atoms with Gasteiger partial charge in [0.15, 0.2) is 0 Å². The molecule has 0 saturated heterocycles. The molecule has 0 unspecified atom stereocenters. The molecule has 50 valence electrons. The largest absolute Gasteiger partial charge is 0.366 e. The Hall–Kier alpha value is -0.620. The van der Waals surface area contributed by atoms with Crippen molar-refractivity contribution in [3.63, 3.8) is 0 Å². The van der Waals surface area contributed by atoms with E-state index in [1.165, 1.54) is 13.0 Å². The first kappa shape index (κ1) is 8.38. The Morgan fingerprint density at radius 1 is 1.78 bits per heavy atom. The van der Waals surface area contributed by atoms with E-state index in [-0.39, 0.29) is 0 Å². The predicted octanol–water partition coefficient (Wildman–Crippen LogP) is 0.591. The summed E-state index contributed by atoms with van der Waals surface area (Å²) in [7, 11) is -4.28. The predicted molar refractivity (Wildman–Crippen MR) is 31.4 cm³/mol. The van der Waals surface area contributed by atoms with Crippen LogP contribution in [-0.4, -0.2) is 9.79 Å². The lowest BCUT2D eigenvalue weighted by Crippen LogP contribution is -1.79. The van der Waals surface area contributed by atoms with Crippen LogP contribution in [-0.2, 0) is 4.57 Å². The van der Waals surface area contributed by atoms with Crippen molar-refractivity contribution in [3.05, 3.63) is 11.4 Å². The van der Waals surface area contributed by atoms with Gasteiger partial charge in [0, 0.05) is 0 Å². The van der Waals surface area contributed by atoms with Crippen molar-refractivity contribution >= 4 is 7.60 Å². The summed E-state index contributed by atoms with van der Waals surface area (Å²) < 4.78 is 10.2. The molecule has 0 bridgehead atoms. The first-order chi connectivity index (χ1) is 4.02. The summed E-state index contributed by atoms with van der Waals surface area (Å²) in [6.07, 6.45) is 1.10. The SMILES string of the molecule is C/C=C(\C#N)P(=O)(O)O. The summed E-state index contributed by atoms with van der Waals surface area (Å²) >= 11 is 0. The van der Waals surface area contributed by atoms with Crippen LogP contribution in [0.2, 0.25) is 0 Å². The van der Waals surface area contributed by atoms with Gasteiger partial charge in [-0.15, -0.1) is 0 Å². The van der Waals surface area contributed by atoms with E-state index in [9.17, 15) is 4.57 Å². The molecule has 2 N–H and O–H groups in total. The summed E-state index contributed by atoms with van der Waals surface area (Å²) in [6, 6.07) is 1.39. The molecule has 0 radical (unpaired) electrons. The standard InChI is InChI=1S/C4H6NO3P/c1-2-4(3-5)9(6,7)8/h2H,1H3,(H2,6,7,8)/b4-2+. The third-order valence-corrected chi connectivity index (χ3v) is 1.69. The highest BCUT2D eigenvalue weighted by atomic mass is 31.2. The Morgan fingerprint density at radius 2 is 2.22 bits per heavy atom. The summed E-state index contributed by atoms with van der Waals surface area (Å²) in [5.41, 5.74) is 0. The minimum absolute atomic E-state index is 0.484. The molecule has 9 heavy (non-hydrogen) atoms. The van der Waals surface area contributed by atoms with Gasteiger partial charge in [-0.1, -0.05) is 6.08 Å². The molecule has 0 rings (SSSR count). The number of rotatable bonds is 1. The van der Waals surface area contributed by atoms with E-state index in [1.807, 2.05) is 0 Å². The number of hydrogen-bond donors (Lipinski definition) is 2. The molecule has 4 nitrogen and oxygen atoms in total. The summed E-state index contributed by atoms with van der Waals surface area (Å²) in [4.78, 5) is 16.6. The van der Waals surface area contributed by atoms with Gasteiger partial charge in [0.25, 0.3) is 0 Å². The van der Waals surface area contributed by atoms with Crippen LogP contribution in [0.1, 0.15) is 6.92 Å². The third kappa shape index (κ3) is 2.43. The van der Waals surface area contributed by atoms with Crippen LogP contribution >= 0.6 is 7.60 Å². The van der Waals surface area contributed by atoms with Crippen LogP contribution in [0.15, 0.2) is 11.4 Å². The topological polar surface area (TPSA) is 81.3 Å². The van der Waals surface area contributed by atoms with Gasteiger partial charge in [-0.3, -0.25) is 4.57 Å². The van der Waals surface area contributed by atoms with E-state index >= 15 is 0 Å². The highest BCUT2D eigenvalue weighted by Gasteiger charge is 2.18. The highest BCUT2D eigenvalue weighted by molar-refractivity contribution is 7.56. The van der Waals surface area contributed by atoms with Gasteiger partial charge >= 0.3 is 7.60 Å². The fraction of sp³-hybridized carbons (Fsp3) is 0.250. The number of nitrogens with zero attached hydrogens (tertiary/aromatic N) is 1. The minimum atomic E-state index is -4.28. The van der Waals surface area contributed by atoms with Crippen molar-refractivity contribution < 1.29 is 14.4 Å². The molecule has 0 aromatic rings. The third-order valence-electron chi connectivity index (χ3n) is 0.702. The van der Waals surface area contributed by atoms with Crippen molar-refractivity contribution in [1.82, 2.24) is 0 Å². The maximum atomic E-state index is 10.2. The fourth-order valence-electron chi connectivity index (χ4n) is 0.298. The second-order valence-electron chi connectivity index (χ2n) is 1.33. The van der Waals surface area contributed by atoms with Gasteiger partial charge in [0.1, 0.15) is 11.4 Å². The van der Waals surface area contributed by atoms with Gasteiger partial charge in [-0.25, -0.2) is 0 Å². The lowest BCUT2D eigenvalue weighted by atomic mass is 10.6. The van der Waals surface area contributed by atoms with Crippen molar-refractivity contribution in [2.45, 2.75) is 6.92 Å². The molecule has 0 heterocycles. The smallest absolute Gasteiger partial charge is 0.321 e. The van der Waals surface area contributed by atoms with Crippen molar-refractivity contribution in [2.75, 3.05) is 0 Å². The van der Waals surface area contributed by atoms with Crippen LogP contribution in [0.4, 0.5) is 0 Å². The zero-order chi connectivity index (χ0) is 7.49. The van der Waals surface area contributed by atoms with Gasteiger partial charge in [-0.05, 0) is 6.92 Å². The Kier molecular flexibility index (Phi) is 2.60. The maximum Gasteiger partial charge on any atom is 0.366 e. The molecule has 0 aliphatic heterocycles. The number of hydrogen-bond acceptors (Lipinski definition) is 2. The van der Waals surface area contributed by atoms with Crippen molar-refractivity contribution in [2.24, 2.45) is 0 Å². The molecule has 0 aliphatic rings. The van der Waals surface area contributed by atoms with Crippen molar-refractivity contribution in [3.8, 4) is 6.07 Å². The van der Waals surface area contributed by atoms with Crippen LogP contribution in [0.5, 0.6) is 0 Å². The molecule has 0 amide bonds. The molecule has 0 aliphatic carbocycles. The second kappa shape index (κ2) is 2.79. The monoisotopic (exact) mass is 147 g/mol. The van der Waals surface area contributed by atoms with Gasteiger partial charge in [-0.2, -0.15) is 5.26 Å². The molecule has 0 saturated carbocycles. The van der Waals surface area contributed by atoms with Gasteiger partial charge in [0.05, 0.1) is 0 Å². The Morgan fingerprint density at radius 3 is 2.22 bits per heavy atom. The maximum absolute atomic E-state index is 10.2. The molecule has 0 spiro atoms. The van der Waals surface area contributed by atoms with E-state index in [1.54, 1.807) is 0 Å². The van der Waals surface area contributed by atoms with E-state index in [0.29, 0.717) is 0 Å². The minimum Gasteiger partial charge on any atom is -0.321 e. The second-order valence-corrected chi connectivity index (χ2v) is 2.90. The molecule has 0 aromatic carbocycles. The molecule has 0 fully saturated rings. The van der Waals surface area contributed by atoms with Crippen molar-refractivity contribution in [1.29, 1.82) is 5.26 Å². The molecular formula is C4H6NO3P. The quantitative estimate of drug-likeness (QED) is 0.420. The number of allylic oxidation sites excluding steroid dienone is 2. The Labute approximate surface area is 52.6 Å². The molecule has 5 heteroatoms. The van der Waals surface area contributed by atoms with Crippen LogP contribution < -0.4 is 0 Å².